The van der Waals surface area contributed by atoms with E-state index in [2.05, 4.69) is 14.9 Å². The number of aryl methyl sites for hydroxylation is 1. The van der Waals surface area contributed by atoms with Gasteiger partial charge >= 0.3 is 6.09 Å². The summed E-state index contributed by atoms with van der Waals surface area (Å²) in [4.78, 5) is 25.2. The Kier molecular flexibility index (Phi) is 4.60. The Morgan fingerprint density at radius 1 is 1.25 bits per heavy atom. The predicted octanol–water partition coefficient (Wildman–Crippen LogP) is 3.06. The predicted molar refractivity (Wildman–Crippen MR) is 93.7 cm³/mol. The fourth-order valence-corrected chi connectivity index (χ4v) is 3.57. The highest BCUT2D eigenvalue weighted by Crippen LogP contribution is 2.31. The van der Waals surface area contributed by atoms with Gasteiger partial charge in [0.05, 0.1) is 5.69 Å². The molecule has 6 nitrogen and oxygen atoms in total. The molecular weight excluding hydrogens is 328 g/mol. The Labute approximate surface area is 148 Å². The Hall–Kier alpha value is -1.56. The Morgan fingerprint density at radius 3 is 2.67 bits per heavy atom. The fourth-order valence-electron chi connectivity index (χ4n) is 3.39. The van der Waals surface area contributed by atoms with Gasteiger partial charge in [0.1, 0.15) is 11.4 Å². The van der Waals surface area contributed by atoms with Gasteiger partial charge in [-0.15, -0.1) is 0 Å². The molecule has 0 N–H and O–H groups in total. The number of carbonyl (C=O) groups excluding carboxylic acids is 1. The first-order chi connectivity index (χ1) is 11.2. The molecule has 0 radical (unpaired) electrons. The summed E-state index contributed by atoms with van der Waals surface area (Å²) < 4.78 is 5.50. The highest BCUT2D eigenvalue weighted by Gasteiger charge is 2.33. The van der Waals surface area contributed by atoms with E-state index in [9.17, 15) is 4.79 Å². The van der Waals surface area contributed by atoms with Crippen molar-refractivity contribution in [3.63, 3.8) is 0 Å². The molecule has 0 saturated carbocycles. The number of piperazine rings is 1. The van der Waals surface area contributed by atoms with E-state index in [1.807, 2.05) is 27.7 Å². The smallest absolute Gasteiger partial charge is 0.410 e. The minimum absolute atomic E-state index is 0.0550. The summed E-state index contributed by atoms with van der Waals surface area (Å²) in [5.41, 5.74) is 1.82. The standard InChI is InChI=1S/C17H25ClN4O2/c1-11-10-21(8-9-22(11)16(23)24-17(2,3)4)14-12-6-5-7-13(12)19-15(18)20-14/h11H,5-10H2,1-4H3/t11-/m1/s1. The molecule has 3 rings (SSSR count). The minimum Gasteiger partial charge on any atom is -0.444 e. The van der Waals surface area contributed by atoms with Gasteiger partial charge in [0.15, 0.2) is 0 Å². The summed E-state index contributed by atoms with van der Waals surface area (Å²) in [6.45, 7) is 9.77. The van der Waals surface area contributed by atoms with Crippen molar-refractivity contribution in [2.45, 2.75) is 58.6 Å². The van der Waals surface area contributed by atoms with Crippen LogP contribution in [0.15, 0.2) is 0 Å². The highest BCUT2D eigenvalue weighted by molar-refractivity contribution is 6.28. The van der Waals surface area contributed by atoms with Crippen LogP contribution in [0.3, 0.4) is 0 Å². The first-order valence-electron chi connectivity index (χ1n) is 8.54. The van der Waals surface area contributed by atoms with Gasteiger partial charge in [-0.1, -0.05) is 0 Å². The maximum absolute atomic E-state index is 12.3. The number of nitrogens with zero attached hydrogens (tertiary/aromatic N) is 4. The van der Waals surface area contributed by atoms with E-state index in [-0.39, 0.29) is 12.1 Å². The van der Waals surface area contributed by atoms with E-state index >= 15 is 0 Å². The van der Waals surface area contributed by atoms with Gasteiger partial charge in [-0.05, 0) is 58.6 Å². The SMILES string of the molecule is C[C@@H]1CN(c2nc(Cl)nc3c2CCC3)CCN1C(=O)OC(C)(C)C. The average molecular weight is 353 g/mol. The maximum Gasteiger partial charge on any atom is 0.410 e. The van der Waals surface area contributed by atoms with Gasteiger partial charge in [-0.3, -0.25) is 0 Å². The number of carbonyl (C=O) groups is 1. The molecule has 0 aromatic carbocycles. The molecule has 1 aliphatic carbocycles. The van der Waals surface area contributed by atoms with Gasteiger partial charge in [0.25, 0.3) is 0 Å². The zero-order valence-electron chi connectivity index (χ0n) is 14.8. The summed E-state index contributed by atoms with van der Waals surface area (Å²) >= 11 is 6.10. The first kappa shape index (κ1) is 17.3. The molecule has 24 heavy (non-hydrogen) atoms. The number of ether oxygens (including phenoxy) is 1. The minimum atomic E-state index is -0.477. The number of rotatable bonds is 1. The van der Waals surface area contributed by atoms with Crippen LogP contribution in [-0.2, 0) is 17.6 Å². The number of aromatic nitrogens is 2. The van der Waals surface area contributed by atoms with Crippen LogP contribution in [0.25, 0.3) is 0 Å². The highest BCUT2D eigenvalue weighted by atomic mass is 35.5. The molecule has 1 aliphatic heterocycles. The molecule has 0 bridgehead atoms. The number of amides is 1. The molecule has 7 heteroatoms. The second kappa shape index (κ2) is 6.39. The van der Waals surface area contributed by atoms with Crippen molar-refractivity contribution in [1.29, 1.82) is 0 Å². The first-order valence-corrected chi connectivity index (χ1v) is 8.92. The molecule has 0 spiro atoms. The number of hydrogen-bond donors (Lipinski definition) is 0. The zero-order chi connectivity index (χ0) is 17.5. The van der Waals surface area contributed by atoms with Crippen molar-refractivity contribution in [2.75, 3.05) is 24.5 Å². The Bertz CT molecular complexity index is 644. The quantitative estimate of drug-likeness (QED) is 0.727. The summed E-state index contributed by atoms with van der Waals surface area (Å²) in [7, 11) is 0. The lowest BCUT2D eigenvalue weighted by molar-refractivity contribution is 0.0158. The van der Waals surface area contributed by atoms with Crippen LogP contribution in [0.4, 0.5) is 10.6 Å². The van der Waals surface area contributed by atoms with Crippen molar-refractivity contribution in [1.82, 2.24) is 14.9 Å². The third-order valence-corrected chi connectivity index (χ3v) is 4.61. The maximum atomic E-state index is 12.3. The van der Waals surface area contributed by atoms with Crippen molar-refractivity contribution >= 4 is 23.5 Å². The summed E-state index contributed by atoms with van der Waals surface area (Å²) in [5.74, 6) is 0.943. The average Bonchev–Trinajstić information content (AvgIpc) is 2.92. The summed E-state index contributed by atoms with van der Waals surface area (Å²) in [5, 5.41) is 0.313. The number of halogens is 1. The molecule has 0 unspecified atom stereocenters. The van der Waals surface area contributed by atoms with Crippen LogP contribution in [0.2, 0.25) is 5.28 Å². The Balaban J connectivity index is 1.74. The second-order valence-electron chi connectivity index (χ2n) is 7.56. The molecule has 1 fully saturated rings. The number of anilines is 1. The van der Waals surface area contributed by atoms with Crippen molar-refractivity contribution < 1.29 is 9.53 Å². The summed E-state index contributed by atoms with van der Waals surface area (Å²) in [6.07, 6.45) is 2.83. The van der Waals surface area contributed by atoms with Crippen LogP contribution >= 0.6 is 11.6 Å². The molecule has 132 valence electrons. The monoisotopic (exact) mass is 352 g/mol. The molecule has 1 amide bonds. The van der Waals surface area contributed by atoms with Gasteiger partial charge in [-0.25, -0.2) is 14.8 Å². The number of hydrogen-bond acceptors (Lipinski definition) is 5. The van der Waals surface area contributed by atoms with E-state index < -0.39 is 5.60 Å². The lowest BCUT2D eigenvalue weighted by atomic mass is 10.1. The van der Waals surface area contributed by atoms with E-state index in [0.29, 0.717) is 11.8 Å². The molecule has 2 aliphatic rings. The van der Waals surface area contributed by atoms with Crippen LogP contribution in [-0.4, -0.2) is 52.2 Å². The van der Waals surface area contributed by atoms with Crippen LogP contribution < -0.4 is 4.90 Å². The van der Waals surface area contributed by atoms with Crippen molar-refractivity contribution in [3.8, 4) is 0 Å². The largest absolute Gasteiger partial charge is 0.444 e. The second-order valence-corrected chi connectivity index (χ2v) is 7.90. The summed E-state index contributed by atoms with van der Waals surface area (Å²) in [6, 6.07) is 0.0550. The Morgan fingerprint density at radius 2 is 2.00 bits per heavy atom. The van der Waals surface area contributed by atoms with Gasteiger partial charge < -0.3 is 14.5 Å². The topological polar surface area (TPSA) is 58.6 Å². The van der Waals surface area contributed by atoms with E-state index in [1.54, 1.807) is 4.90 Å². The van der Waals surface area contributed by atoms with Crippen LogP contribution in [0.1, 0.15) is 45.4 Å². The molecule has 1 aromatic rings. The van der Waals surface area contributed by atoms with E-state index in [4.69, 9.17) is 16.3 Å². The van der Waals surface area contributed by atoms with Crippen molar-refractivity contribution in [3.05, 3.63) is 16.5 Å². The van der Waals surface area contributed by atoms with Gasteiger partial charge in [0.2, 0.25) is 5.28 Å². The third-order valence-electron chi connectivity index (χ3n) is 4.44. The van der Waals surface area contributed by atoms with Crippen molar-refractivity contribution in [2.24, 2.45) is 0 Å². The van der Waals surface area contributed by atoms with Crippen LogP contribution in [0, 0.1) is 0 Å². The molecule has 1 saturated heterocycles. The zero-order valence-corrected chi connectivity index (χ0v) is 15.6. The van der Waals surface area contributed by atoms with Gasteiger partial charge in [0, 0.05) is 31.2 Å². The molecular formula is C17H25ClN4O2. The van der Waals surface area contributed by atoms with E-state index in [1.165, 1.54) is 5.56 Å². The van der Waals surface area contributed by atoms with Crippen LogP contribution in [0.5, 0.6) is 0 Å². The molecule has 2 heterocycles. The fraction of sp³-hybridized carbons (Fsp3) is 0.706. The third kappa shape index (κ3) is 3.58. The van der Waals surface area contributed by atoms with Gasteiger partial charge in [-0.2, -0.15) is 0 Å². The molecule has 1 atom stereocenters. The van der Waals surface area contributed by atoms with E-state index in [0.717, 1.165) is 43.9 Å². The number of fused-ring (bicyclic) bond motifs is 1. The lowest BCUT2D eigenvalue weighted by Crippen LogP contribution is -2.55. The lowest BCUT2D eigenvalue weighted by Gasteiger charge is -2.41. The molecule has 1 aromatic heterocycles. The normalized spacial score (nSPS) is 21.0.